The van der Waals surface area contributed by atoms with Crippen LogP contribution in [0.5, 0.6) is 0 Å². The summed E-state index contributed by atoms with van der Waals surface area (Å²) in [6.07, 6.45) is 3.23. The van der Waals surface area contributed by atoms with Gasteiger partial charge in [-0.25, -0.2) is 8.42 Å². The third-order valence-corrected chi connectivity index (χ3v) is 6.10. The quantitative estimate of drug-likeness (QED) is 0.701. The van der Waals surface area contributed by atoms with Crippen molar-refractivity contribution >= 4 is 20.8 Å². The van der Waals surface area contributed by atoms with Crippen LogP contribution in [0.2, 0.25) is 0 Å². The number of fused-ring (bicyclic) bond motifs is 1. The highest BCUT2D eigenvalue weighted by molar-refractivity contribution is 7.89. The predicted octanol–water partition coefficient (Wildman–Crippen LogP) is 1.69. The van der Waals surface area contributed by atoms with Crippen LogP contribution in [-0.2, 0) is 14.8 Å². The van der Waals surface area contributed by atoms with Gasteiger partial charge in [0.05, 0.1) is 18.1 Å². The molecule has 9 heteroatoms. The monoisotopic (exact) mass is 360 g/mol. The van der Waals surface area contributed by atoms with Gasteiger partial charge in [-0.2, -0.15) is 4.31 Å². The second-order valence-corrected chi connectivity index (χ2v) is 7.58. The van der Waals surface area contributed by atoms with E-state index < -0.39 is 16.1 Å². The number of nitrogens with zero attached hydrogens (tertiary/aromatic N) is 4. The number of benzene rings is 1. The molecule has 1 aromatic carbocycles. The van der Waals surface area contributed by atoms with Crippen LogP contribution in [0, 0.1) is 6.92 Å². The molecule has 0 radical (unpaired) electrons. The van der Waals surface area contributed by atoms with Crippen molar-refractivity contribution in [2.75, 3.05) is 19.8 Å². The highest BCUT2D eigenvalue weighted by Crippen LogP contribution is 2.32. The van der Waals surface area contributed by atoms with Gasteiger partial charge >= 0.3 is 0 Å². The van der Waals surface area contributed by atoms with E-state index >= 15 is 0 Å². The highest BCUT2D eigenvalue weighted by atomic mass is 32.2. The van der Waals surface area contributed by atoms with Gasteiger partial charge in [0, 0.05) is 36.6 Å². The second kappa shape index (κ2) is 6.17. The van der Waals surface area contributed by atoms with E-state index in [1.54, 1.807) is 37.5 Å². The first-order valence-corrected chi connectivity index (χ1v) is 9.24. The number of ether oxygens (including phenoxy) is 1. The summed E-state index contributed by atoms with van der Waals surface area (Å²) in [6, 6.07) is 6.21. The van der Waals surface area contributed by atoms with Crippen LogP contribution in [0.1, 0.15) is 17.8 Å². The van der Waals surface area contributed by atoms with Gasteiger partial charge in [0.25, 0.3) is 0 Å². The van der Waals surface area contributed by atoms with Crippen LogP contribution in [0.15, 0.2) is 46.0 Å². The highest BCUT2D eigenvalue weighted by Gasteiger charge is 2.38. The summed E-state index contributed by atoms with van der Waals surface area (Å²) >= 11 is 0. The molecule has 25 heavy (non-hydrogen) atoms. The third kappa shape index (κ3) is 2.80. The van der Waals surface area contributed by atoms with Gasteiger partial charge < -0.3 is 9.15 Å². The molecule has 2 aromatic heterocycles. The normalized spacial score (nSPS) is 19.3. The number of morpholine rings is 1. The Hall–Kier alpha value is -2.36. The van der Waals surface area contributed by atoms with Gasteiger partial charge in [-0.05, 0) is 12.1 Å². The van der Waals surface area contributed by atoms with Crippen molar-refractivity contribution in [2.24, 2.45) is 0 Å². The van der Waals surface area contributed by atoms with Crippen molar-refractivity contribution in [1.29, 1.82) is 0 Å². The number of pyridine rings is 1. The lowest BCUT2D eigenvalue weighted by Crippen LogP contribution is -2.43. The Balaban J connectivity index is 1.82. The van der Waals surface area contributed by atoms with Crippen molar-refractivity contribution in [2.45, 2.75) is 17.9 Å². The molecule has 0 saturated carbocycles. The zero-order valence-corrected chi connectivity index (χ0v) is 14.3. The SMILES string of the molecule is Cc1nnc(C2COCCN2S(=O)(=O)c2cccc3cnccc23)o1. The molecule has 1 fully saturated rings. The van der Waals surface area contributed by atoms with Crippen LogP contribution in [0.3, 0.4) is 0 Å². The lowest BCUT2D eigenvalue weighted by molar-refractivity contribution is 0.0221. The van der Waals surface area contributed by atoms with Gasteiger partial charge in [-0.1, -0.05) is 12.1 Å². The van der Waals surface area contributed by atoms with Crippen molar-refractivity contribution < 1.29 is 17.6 Å². The van der Waals surface area contributed by atoms with E-state index in [-0.39, 0.29) is 23.9 Å². The van der Waals surface area contributed by atoms with Crippen molar-refractivity contribution in [3.05, 3.63) is 48.4 Å². The fraction of sp³-hybridized carbons (Fsp3) is 0.312. The van der Waals surface area contributed by atoms with Gasteiger partial charge in [-0.15, -0.1) is 10.2 Å². The van der Waals surface area contributed by atoms with Crippen LogP contribution in [-0.4, -0.2) is 47.7 Å². The number of rotatable bonds is 3. The first-order valence-electron chi connectivity index (χ1n) is 7.80. The summed E-state index contributed by atoms with van der Waals surface area (Å²) in [6.45, 7) is 2.37. The molecule has 1 unspecified atom stereocenters. The number of sulfonamides is 1. The number of aryl methyl sites for hydroxylation is 1. The summed E-state index contributed by atoms with van der Waals surface area (Å²) in [5.74, 6) is 0.622. The molecule has 4 rings (SSSR count). The maximum absolute atomic E-state index is 13.4. The first kappa shape index (κ1) is 16.1. The largest absolute Gasteiger partial charge is 0.424 e. The average molecular weight is 360 g/mol. The van der Waals surface area contributed by atoms with Crippen molar-refractivity contribution in [3.8, 4) is 0 Å². The van der Waals surface area contributed by atoms with E-state index in [0.29, 0.717) is 17.9 Å². The maximum atomic E-state index is 13.4. The van der Waals surface area contributed by atoms with Crippen molar-refractivity contribution in [3.63, 3.8) is 0 Å². The fourth-order valence-electron chi connectivity index (χ4n) is 2.96. The minimum Gasteiger partial charge on any atom is -0.424 e. The molecule has 0 aliphatic carbocycles. The molecule has 1 aliphatic rings. The Bertz CT molecular complexity index is 1010. The van der Waals surface area contributed by atoms with E-state index in [4.69, 9.17) is 9.15 Å². The van der Waals surface area contributed by atoms with E-state index in [2.05, 4.69) is 15.2 Å². The van der Waals surface area contributed by atoms with Crippen LogP contribution in [0.25, 0.3) is 10.8 Å². The molecule has 1 saturated heterocycles. The minimum absolute atomic E-state index is 0.174. The number of hydrogen-bond acceptors (Lipinski definition) is 7. The summed E-state index contributed by atoms with van der Waals surface area (Å²) < 4.78 is 39.0. The number of aromatic nitrogens is 3. The topological polar surface area (TPSA) is 98.4 Å². The predicted molar refractivity (Wildman–Crippen MR) is 88.2 cm³/mol. The van der Waals surface area contributed by atoms with E-state index in [0.717, 1.165) is 5.39 Å². The fourth-order valence-corrected chi connectivity index (χ4v) is 4.73. The van der Waals surface area contributed by atoms with Crippen LogP contribution >= 0.6 is 0 Å². The Kier molecular flexibility index (Phi) is 3.98. The first-order chi connectivity index (χ1) is 12.1. The molecular weight excluding hydrogens is 344 g/mol. The zero-order valence-electron chi connectivity index (χ0n) is 13.5. The van der Waals surface area contributed by atoms with Crippen molar-refractivity contribution in [1.82, 2.24) is 19.5 Å². The lowest BCUT2D eigenvalue weighted by Gasteiger charge is -2.32. The maximum Gasteiger partial charge on any atom is 0.244 e. The zero-order chi connectivity index (χ0) is 17.4. The summed E-state index contributed by atoms with van der Waals surface area (Å²) in [4.78, 5) is 4.28. The molecule has 130 valence electrons. The molecule has 1 atom stereocenters. The molecular formula is C16H16N4O4S. The van der Waals surface area contributed by atoms with Crippen LogP contribution < -0.4 is 0 Å². The van der Waals surface area contributed by atoms with E-state index in [1.165, 1.54) is 4.31 Å². The minimum atomic E-state index is -3.78. The molecule has 3 aromatic rings. The van der Waals surface area contributed by atoms with E-state index in [1.807, 2.05) is 6.07 Å². The Morgan fingerprint density at radius 2 is 2.12 bits per heavy atom. The van der Waals surface area contributed by atoms with Gasteiger partial charge in [0.15, 0.2) is 0 Å². The smallest absolute Gasteiger partial charge is 0.244 e. The summed E-state index contributed by atoms with van der Waals surface area (Å²) in [5.41, 5.74) is 0. The molecule has 3 heterocycles. The summed E-state index contributed by atoms with van der Waals surface area (Å²) in [7, 11) is -3.78. The van der Waals surface area contributed by atoms with Gasteiger partial charge in [-0.3, -0.25) is 4.98 Å². The molecule has 0 bridgehead atoms. The number of hydrogen-bond donors (Lipinski definition) is 0. The Labute approximate surface area is 144 Å². The molecule has 8 nitrogen and oxygen atoms in total. The standard InChI is InChI=1S/C16H16N4O4S/c1-11-18-19-16(24-11)14-10-23-8-7-20(14)25(21,22)15-4-2-3-12-9-17-6-5-13(12)15/h2-6,9,14H,7-8,10H2,1H3. The second-order valence-electron chi connectivity index (χ2n) is 5.72. The van der Waals surface area contributed by atoms with Gasteiger partial charge in [0.2, 0.25) is 21.8 Å². The lowest BCUT2D eigenvalue weighted by atomic mass is 10.2. The molecule has 0 amide bonds. The Morgan fingerprint density at radius 1 is 1.24 bits per heavy atom. The molecule has 1 aliphatic heterocycles. The van der Waals surface area contributed by atoms with Crippen LogP contribution in [0.4, 0.5) is 0 Å². The molecule has 0 spiro atoms. The van der Waals surface area contributed by atoms with Gasteiger partial charge in [0.1, 0.15) is 6.04 Å². The van der Waals surface area contributed by atoms with E-state index in [9.17, 15) is 8.42 Å². The Morgan fingerprint density at radius 3 is 2.92 bits per heavy atom. The third-order valence-electron chi connectivity index (χ3n) is 4.13. The average Bonchev–Trinajstić information content (AvgIpc) is 3.07. The summed E-state index contributed by atoms with van der Waals surface area (Å²) in [5, 5.41) is 9.17. The molecule has 0 N–H and O–H groups in total.